The number of hydrogen-bond donors (Lipinski definition) is 0. The Morgan fingerprint density at radius 1 is 1.05 bits per heavy atom. The number of allylic oxidation sites excluding steroid dienone is 1. The van der Waals surface area contributed by atoms with Crippen LogP contribution in [0.1, 0.15) is 36.6 Å². The highest BCUT2D eigenvalue weighted by molar-refractivity contribution is 7.07. The Labute approximate surface area is 251 Å². The highest BCUT2D eigenvalue weighted by Crippen LogP contribution is 2.32. The lowest BCUT2D eigenvalue weighted by atomic mass is 9.96. The summed E-state index contributed by atoms with van der Waals surface area (Å²) in [6, 6.07) is 19.5. The van der Waals surface area contributed by atoms with E-state index in [2.05, 4.69) is 4.99 Å². The molecule has 5 rings (SSSR count). The maximum absolute atomic E-state index is 13.9. The van der Waals surface area contributed by atoms with E-state index >= 15 is 0 Å². The smallest absolute Gasteiger partial charge is 0.338 e. The molecular formula is C32H29ClN2O6S. The average Bonchev–Trinajstić information content (AvgIpc) is 3.30. The first-order valence-electron chi connectivity index (χ1n) is 13.2. The first-order chi connectivity index (χ1) is 20.3. The Hall–Kier alpha value is -4.34. The molecule has 0 spiro atoms. The first-order valence-corrected chi connectivity index (χ1v) is 14.4. The lowest BCUT2D eigenvalue weighted by Gasteiger charge is -2.24. The van der Waals surface area contributed by atoms with Crippen molar-refractivity contribution in [3.8, 4) is 17.2 Å². The van der Waals surface area contributed by atoms with Gasteiger partial charge in [-0.3, -0.25) is 9.36 Å². The second kappa shape index (κ2) is 12.7. The third kappa shape index (κ3) is 5.84. The number of carbonyl (C=O) groups excluding carboxylic acids is 1. The molecule has 216 valence electrons. The van der Waals surface area contributed by atoms with Crippen LogP contribution in [-0.4, -0.2) is 31.4 Å². The van der Waals surface area contributed by atoms with Crippen molar-refractivity contribution in [1.82, 2.24) is 4.57 Å². The van der Waals surface area contributed by atoms with Crippen molar-refractivity contribution < 1.29 is 23.7 Å². The van der Waals surface area contributed by atoms with E-state index in [1.165, 1.54) is 11.3 Å². The lowest BCUT2D eigenvalue weighted by molar-refractivity contribution is -0.139. The van der Waals surface area contributed by atoms with Crippen LogP contribution in [0.25, 0.3) is 6.08 Å². The predicted octanol–water partition coefficient (Wildman–Crippen LogP) is 5.05. The van der Waals surface area contributed by atoms with E-state index in [-0.39, 0.29) is 18.8 Å². The molecule has 42 heavy (non-hydrogen) atoms. The zero-order valence-electron chi connectivity index (χ0n) is 23.5. The number of thiazole rings is 1. The summed E-state index contributed by atoms with van der Waals surface area (Å²) in [7, 11) is 3.14. The molecule has 1 aliphatic heterocycles. The van der Waals surface area contributed by atoms with E-state index in [9.17, 15) is 9.59 Å². The number of benzene rings is 3. The van der Waals surface area contributed by atoms with Gasteiger partial charge in [0.15, 0.2) is 16.3 Å². The summed E-state index contributed by atoms with van der Waals surface area (Å²) in [4.78, 5) is 32.1. The van der Waals surface area contributed by atoms with Gasteiger partial charge in [0.2, 0.25) is 0 Å². The van der Waals surface area contributed by atoms with Crippen LogP contribution in [0.5, 0.6) is 17.2 Å². The van der Waals surface area contributed by atoms with E-state index in [0.29, 0.717) is 42.9 Å². The summed E-state index contributed by atoms with van der Waals surface area (Å²) in [5, 5.41) is 0.623. The average molecular weight is 605 g/mol. The van der Waals surface area contributed by atoms with E-state index in [0.717, 1.165) is 16.7 Å². The molecule has 0 unspecified atom stereocenters. The van der Waals surface area contributed by atoms with Crippen LogP contribution in [0.4, 0.5) is 0 Å². The fourth-order valence-corrected chi connectivity index (χ4v) is 5.95. The van der Waals surface area contributed by atoms with Crippen molar-refractivity contribution in [2.24, 2.45) is 4.99 Å². The van der Waals surface area contributed by atoms with Crippen molar-refractivity contribution in [3.63, 3.8) is 0 Å². The van der Waals surface area contributed by atoms with E-state index in [1.54, 1.807) is 63.0 Å². The number of ether oxygens (including phenoxy) is 4. The molecule has 0 radical (unpaired) electrons. The van der Waals surface area contributed by atoms with Gasteiger partial charge in [-0.1, -0.05) is 59.3 Å². The largest absolute Gasteiger partial charge is 0.497 e. The molecule has 10 heteroatoms. The summed E-state index contributed by atoms with van der Waals surface area (Å²) >= 11 is 7.51. The standard InChI is InChI=1S/C32H29ClN2O6S/c1-5-40-31(37)28-19(2)34-32-35(29(28)21-11-13-23(38-3)14-12-21)30(36)27(42-32)17-20-10-15-25(26(16-20)39-4)41-18-22-8-6-7-9-24(22)33/h6-17,29H,5,18H2,1-4H3/b27-17-/t29-/m0/s1. The van der Waals surface area contributed by atoms with E-state index < -0.39 is 12.0 Å². The Bertz CT molecular complexity index is 1840. The molecule has 0 saturated heterocycles. The van der Waals surface area contributed by atoms with Gasteiger partial charge < -0.3 is 18.9 Å². The molecular weight excluding hydrogens is 576 g/mol. The van der Waals surface area contributed by atoms with Gasteiger partial charge in [0, 0.05) is 10.6 Å². The number of fused-ring (bicyclic) bond motifs is 1. The third-order valence-electron chi connectivity index (χ3n) is 6.78. The topological polar surface area (TPSA) is 88.4 Å². The van der Waals surface area contributed by atoms with Crippen LogP contribution >= 0.6 is 22.9 Å². The summed E-state index contributed by atoms with van der Waals surface area (Å²) < 4.78 is 24.2. The summed E-state index contributed by atoms with van der Waals surface area (Å²) in [5.41, 5.74) is 2.89. The summed E-state index contributed by atoms with van der Waals surface area (Å²) in [6.07, 6.45) is 1.78. The number of hydrogen-bond acceptors (Lipinski definition) is 8. The number of halogens is 1. The minimum absolute atomic E-state index is 0.204. The van der Waals surface area contributed by atoms with Crippen LogP contribution in [0.3, 0.4) is 0 Å². The van der Waals surface area contributed by atoms with Gasteiger partial charge >= 0.3 is 5.97 Å². The second-order valence-electron chi connectivity index (χ2n) is 9.37. The van der Waals surface area contributed by atoms with Gasteiger partial charge in [-0.05, 0) is 61.4 Å². The Balaban J connectivity index is 1.54. The SMILES string of the molecule is CCOC(=O)C1=C(C)N=c2s/c(=C\c3ccc(OCc4ccccc4Cl)c(OC)c3)c(=O)n2[C@H]1c1ccc(OC)cc1. The summed E-state index contributed by atoms with van der Waals surface area (Å²) in [6.45, 7) is 3.98. The zero-order chi connectivity index (χ0) is 29.8. The molecule has 0 amide bonds. The molecule has 0 fully saturated rings. The Kier molecular flexibility index (Phi) is 8.80. The van der Waals surface area contributed by atoms with Crippen LogP contribution in [0, 0.1) is 0 Å². The van der Waals surface area contributed by atoms with Crippen LogP contribution in [-0.2, 0) is 16.1 Å². The van der Waals surface area contributed by atoms with Crippen LogP contribution < -0.4 is 29.1 Å². The van der Waals surface area contributed by atoms with Crippen LogP contribution in [0.2, 0.25) is 5.02 Å². The van der Waals surface area contributed by atoms with Gasteiger partial charge in [0.1, 0.15) is 12.4 Å². The Morgan fingerprint density at radius 3 is 2.50 bits per heavy atom. The quantitative estimate of drug-likeness (QED) is 0.249. The van der Waals surface area contributed by atoms with Crippen molar-refractivity contribution in [2.45, 2.75) is 26.5 Å². The first kappa shape index (κ1) is 29.2. The molecule has 0 bridgehead atoms. The van der Waals surface area contributed by atoms with Crippen molar-refractivity contribution >= 4 is 35.0 Å². The number of carbonyl (C=O) groups is 1. The molecule has 1 aromatic heterocycles. The fraction of sp³-hybridized carbons (Fsp3) is 0.219. The minimum Gasteiger partial charge on any atom is -0.497 e. The molecule has 0 aliphatic carbocycles. The van der Waals surface area contributed by atoms with Crippen molar-refractivity contribution in [1.29, 1.82) is 0 Å². The molecule has 1 aliphatic rings. The third-order valence-corrected chi connectivity index (χ3v) is 8.13. The number of esters is 1. The molecule has 0 N–H and O–H groups in total. The van der Waals surface area contributed by atoms with Gasteiger partial charge in [0.05, 0.1) is 42.7 Å². The number of methoxy groups -OCH3 is 2. The molecule has 3 aromatic carbocycles. The summed E-state index contributed by atoms with van der Waals surface area (Å²) in [5.74, 6) is 1.22. The zero-order valence-corrected chi connectivity index (χ0v) is 25.1. The fourth-order valence-electron chi connectivity index (χ4n) is 4.71. The van der Waals surface area contributed by atoms with Gasteiger partial charge in [-0.15, -0.1) is 0 Å². The van der Waals surface area contributed by atoms with E-state index in [4.69, 9.17) is 30.5 Å². The highest BCUT2D eigenvalue weighted by atomic mass is 35.5. The predicted molar refractivity (Wildman–Crippen MR) is 162 cm³/mol. The molecule has 4 aromatic rings. The van der Waals surface area contributed by atoms with Crippen molar-refractivity contribution in [3.05, 3.63) is 119 Å². The lowest BCUT2D eigenvalue weighted by Crippen LogP contribution is -2.39. The number of aromatic nitrogens is 1. The normalized spacial score (nSPS) is 14.7. The monoisotopic (exact) mass is 604 g/mol. The Morgan fingerprint density at radius 2 is 1.81 bits per heavy atom. The number of rotatable bonds is 9. The van der Waals surface area contributed by atoms with Gasteiger partial charge in [0.25, 0.3) is 5.56 Å². The van der Waals surface area contributed by atoms with Gasteiger partial charge in [-0.25, -0.2) is 9.79 Å². The number of nitrogens with zero attached hydrogens (tertiary/aromatic N) is 2. The van der Waals surface area contributed by atoms with E-state index in [1.807, 2.05) is 42.5 Å². The molecule has 2 heterocycles. The molecule has 1 atom stereocenters. The van der Waals surface area contributed by atoms with Gasteiger partial charge in [-0.2, -0.15) is 0 Å². The molecule has 0 saturated carbocycles. The second-order valence-corrected chi connectivity index (χ2v) is 10.8. The highest BCUT2D eigenvalue weighted by Gasteiger charge is 2.33. The maximum Gasteiger partial charge on any atom is 0.338 e. The van der Waals surface area contributed by atoms with Crippen LogP contribution in [0.15, 0.2) is 87.8 Å². The van der Waals surface area contributed by atoms with Crippen molar-refractivity contribution in [2.75, 3.05) is 20.8 Å². The maximum atomic E-state index is 13.9. The minimum atomic E-state index is -0.705. The molecule has 8 nitrogen and oxygen atoms in total.